The Morgan fingerprint density at radius 1 is 1.16 bits per heavy atom. The van der Waals surface area contributed by atoms with Crippen LogP contribution in [0.2, 0.25) is 0 Å². The summed E-state index contributed by atoms with van der Waals surface area (Å²) in [6.45, 7) is 3.78. The highest BCUT2D eigenvalue weighted by atomic mass is 32.1. The molecule has 1 aromatic carbocycles. The fourth-order valence-corrected chi connectivity index (χ4v) is 5.67. The number of benzene rings is 1. The van der Waals surface area contributed by atoms with Gasteiger partial charge >= 0.3 is 0 Å². The number of aromatic nitrogens is 2. The summed E-state index contributed by atoms with van der Waals surface area (Å²) in [6, 6.07) is 14.8. The molecule has 1 aliphatic heterocycles. The highest BCUT2D eigenvalue weighted by molar-refractivity contribution is 7.10. The largest absolute Gasteiger partial charge is 0.362 e. The van der Waals surface area contributed by atoms with Gasteiger partial charge in [0.15, 0.2) is 4.80 Å². The molecule has 1 atom stereocenters. The molecule has 6 nitrogen and oxygen atoms in total. The smallest absolute Gasteiger partial charge is 0.271 e. The summed E-state index contributed by atoms with van der Waals surface area (Å²) in [5.41, 5.74) is 3.49. The van der Waals surface area contributed by atoms with Gasteiger partial charge in [-0.3, -0.25) is 14.2 Å². The molecule has 2 N–H and O–H groups in total. The Hall–Kier alpha value is -3.49. The first-order chi connectivity index (χ1) is 15.5. The summed E-state index contributed by atoms with van der Waals surface area (Å²) in [6.07, 6.45) is 3.64. The number of thiophene rings is 1. The third-order valence-electron chi connectivity index (χ3n) is 5.38. The number of para-hydroxylation sites is 1. The second-order valence-electron chi connectivity index (χ2n) is 7.49. The van der Waals surface area contributed by atoms with Crippen molar-refractivity contribution in [1.82, 2.24) is 9.55 Å². The Bertz CT molecular complexity index is 1510. The van der Waals surface area contributed by atoms with Crippen LogP contribution in [0.4, 0.5) is 5.69 Å². The van der Waals surface area contributed by atoms with Gasteiger partial charge in [-0.25, -0.2) is 4.99 Å². The zero-order valence-electron chi connectivity index (χ0n) is 17.5. The number of allylic oxidation sites excluding steroid dienone is 1. The monoisotopic (exact) mass is 460 g/mol. The van der Waals surface area contributed by atoms with E-state index in [1.165, 1.54) is 22.7 Å². The van der Waals surface area contributed by atoms with Crippen molar-refractivity contribution >= 4 is 40.3 Å². The fourth-order valence-electron chi connectivity index (χ4n) is 3.81. The molecule has 0 aliphatic carbocycles. The number of anilines is 1. The lowest BCUT2D eigenvalue weighted by atomic mass is 10.0. The van der Waals surface area contributed by atoms with Gasteiger partial charge in [0.1, 0.15) is 6.04 Å². The van der Waals surface area contributed by atoms with Crippen LogP contribution < -0.4 is 20.2 Å². The third kappa shape index (κ3) is 3.57. The summed E-state index contributed by atoms with van der Waals surface area (Å²) >= 11 is 2.85. The molecular weight excluding hydrogens is 440 g/mol. The molecule has 4 aromatic rings. The Kier molecular flexibility index (Phi) is 5.24. The minimum absolute atomic E-state index is 0.157. The molecule has 160 valence electrons. The predicted octanol–water partition coefficient (Wildman–Crippen LogP) is 3.57. The molecule has 0 saturated heterocycles. The van der Waals surface area contributed by atoms with Crippen LogP contribution >= 0.6 is 22.7 Å². The molecule has 0 spiro atoms. The number of carbonyl (C=O) groups is 1. The van der Waals surface area contributed by atoms with Crippen LogP contribution in [0.15, 0.2) is 81.2 Å². The Morgan fingerprint density at radius 3 is 2.72 bits per heavy atom. The number of thiazole rings is 1. The number of hydrogen-bond donors (Lipinski definition) is 2. The SMILES string of the molecule is CC1=C(C(=O)Nc2ccccc2C)C(c2cccs2)n2c(sc(=Cc3ccc[nH]3)c2=O)=N1. The second kappa shape index (κ2) is 8.22. The minimum atomic E-state index is -0.527. The van der Waals surface area contributed by atoms with Crippen LogP contribution in [0, 0.1) is 6.92 Å². The molecule has 0 saturated carbocycles. The number of hydrogen-bond acceptors (Lipinski definition) is 5. The number of carbonyl (C=O) groups excluding carboxylic acids is 1. The van der Waals surface area contributed by atoms with Crippen molar-refractivity contribution in [1.29, 1.82) is 0 Å². The molecule has 1 amide bonds. The zero-order valence-corrected chi connectivity index (χ0v) is 19.1. The maximum Gasteiger partial charge on any atom is 0.271 e. The first kappa shape index (κ1) is 20.4. The predicted molar refractivity (Wildman–Crippen MR) is 129 cm³/mol. The average Bonchev–Trinajstić information content (AvgIpc) is 3.52. The van der Waals surface area contributed by atoms with Crippen LogP contribution in [0.1, 0.15) is 29.1 Å². The summed E-state index contributed by atoms with van der Waals surface area (Å²) in [4.78, 5) is 36.2. The Balaban J connectivity index is 1.66. The van der Waals surface area contributed by atoms with Gasteiger partial charge in [-0.1, -0.05) is 35.6 Å². The summed E-state index contributed by atoms with van der Waals surface area (Å²) < 4.78 is 2.21. The Morgan fingerprint density at radius 2 is 2.00 bits per heavy atom. The molecule has 1 aliphatic rings. The quantitative estimate of drug-likeness (QED) is 0.488. The molecule has 0 bridgehead atoms. The summed E-state index contributed by atoms with van der Waals surface area (Å²) in [7, 11) is 0. The highest BCUT2D eigenvalue weighted by Crippen LogP contribution is 2.33. The van der Waals surface area contributed by atoms with Crippen molar-refractivity contribution in [2.45, 2.75) is 19.9 Å². The van der Waals surface area contributed by atoms with Crippen molar-refractivity contribution in [2.24, 2.45) is 4.99 Å². The van der Waals surface area contributed by atoms with Crippen molar-refractivity contribution in [3.8, 4) is 0 Å². The summed E-state index contributed by atoms with van der Waals surface area (Å²) in [5, 5.41) is 4.97. The van der Waals surface area contributed by atoms with E-state index in [0.717, 1.165) is 21.8 Å². The van der Waals surface area contributed by atoms with Crippen molar-refractivity contribution < 1.29 is 4.79 Å². The van der Waals surface area contributed by atoms with E-state index in [1.807, 2.05) is 80.0 Å². The molecular formula is C24H20N4O2S2. The van der Waals surface area contributed by atoms with E-state index in [0.29, 0.717) is 20.6 Å². The normalized spacial score (nSPS) is 16.1. The maximum atomic E-state index is 13.5. The number of nitrogens with one attached hydrogen (secondary N) is 2. The zero-order chi connectivity index (χ0) is 22.2. The first-order valence-electron chi connectivity index (χ1n) is 10.1. The standard InChI is InChI=1S/C24H20N4O2S2/c1-14-7-3-4-9-17(14)27-22(29)20-15(2)26-24-28(21(20)18-10-6-12-31-18)23(30)19(32-24)13-16-8-5-11-25-16/h3-13,21,25H,1-2H3,(H,27,29). The lowest BCUT2D eigenvalue weighted by molar-refractivity contribution is -0.113. The molecule has 5 rings (SSSR count). The molecule has 3 aromatic heterocycles. The average molecular weight is 461 g/mol. The number of nitrogens with zero attached hydrogens (tertiary/aromatic N) is 2. The minimum Gasteiger partial charge on any atom is -0.362 e. The summed E-state index contributed by atoms with van der Waals surface area (Å²) in [5.74, 6) is -0.252. The topological polar surface area (TPSA) is 79.2 Å². The van der Waals surface area contributed by atoms with Gasteiger partial charge in [-0.2, -0.15) is 0 Å². The van der Waals surface area contributed by atoms with E-state index in [2.05, 4.69) is 15.3 Å². The number of aromatic amines is 1. The number of fused-ring (bicyclic) bond motifs is 1. The number of H-pyrrole nitrogens is 1. The van der Waals surface area contributed by atoms with E-state index < -0.39 is 6.04 Å². The van der Waals surface area contributed by atoms with Crippen molar-refractivity contribution in [3.63, 3.8) is 0 Å². The van der Waals surface area contributed by atoms with Crippen LogP contribution in [-0.2, 0) is 4.79 Å². The highest BCUT2D eigenvalue weighted by Gasteiger charge is 2.33. The molecule has 0 fully saturated rings. The lowest BCUT2D eigenvalue weighted by Crippen LogP contribution is -2.40. The fraction of sp³-hybridized carbons (Fsp3) is 0.125. The van der Waals surface area contributed by atoms with E-state index in [-0.39, 0.29) is 11.5 Å². The van der Waals surface area contributed by atoms with Crippen molar-refractivity contribution in [3.05, 3.63) is 107 Å². The van der Waals surface area contributed by atoms with Gasteiger partial charge in [-0.15, -0.1) is 11.3 Å². The van der Waals surface area contributed by atoms with Gasteiger partial charge in [0.2, 0.25) is 0 Å². The molecule has 32 heavy (non-hydrogen) atoms. The third-order valence-corrected chi connectivity index (χ3v) is 7.29. The van der Waals surface area contributed by atoms with Crippen LogP contribution in [0.5, 0.6) is 0 Å². The molecule has 8 heteroatoms. The molecule has 0 radical (unpaired) electrons. The number of amides is 1. The van der Waals surface area contributed by atoms with E-state index >= 15 is 0 Å². The van der Waals surface area contributed by atoms with E-state index in [1.54, 1.807) is 4.57 Å². The first-order valence-corrected chi connectivity index (χ1v) is 11.8. The van der Waals surface area contributed by atoms with E-state index in [9.17, 15) is 9.59 Å². The van der Waals surface area contributed by atoms with Gasteiger partial charge in [0, 0.05) is 22.5 Å². The maximum absolute atomic E-state index is 13.5. The second-order valence-corrected chi connectivity index (χ2v) is 9.48. The molecule has 1 unspecified atom stereocenters. The van der Waals surface area contributed by atoms with Crippen LogP contribution in [0.25, 0.3) is 6.08 Å². The Labute approximate surface area is 191 Å². The van der Waals surface area contributed by atoms with Crippen LogP contribution in [-0.4, -0.2) is 15.5 Å². The van der Waals surface area contributed by atoms with Gasteiger partial charge in [0.05, 0.1) is 15.8 Å². The van der Waals surface area contributed by atoms with Gasteiger partial charge in [-0.05, 0) is 55.1 Å². The van der Waals surface area contributed by atoms with Gasteiger partial charge < -0.3 is 10.3 Å². The lowest BCUT2D eigenvalue weighted by Gasteiger charge is -2.24. The number of aryl methyl sites for hydroxylation is 1. The molecule has 4 heterocycles. The van der Waals surface area contributed by atoms with Crippen LogP contribution in [0.3, 0.4) is 0 Å². The van der Waals surface area contributed by atoms with Crippen molar-refractivity contribution in [2.75, 3.05) is 5.32 Å². The van der Waals surface area contributed by atoms with E-state index in [4.69, 9.17) is 0 Å². The number of rotatable bonds is 4. The van der Waals surface area contributed by atoms with Gasteiger partial charge in [0.25, 0.3) is 11.5 Å².